The van der Waals surface area contributed by atoms with E-state index in [1.165, 1.54) is 6.07 Å². The Labute approximate surface area is 101 Å². The summed E-state index contributed by atoms with van der Waals surface area (Å²) in [5.41, 5.74) is 0.314. The van der Waals surface area contributed by atoms with Gasteiger partial charge >= 0.3 is 0 Å². The Kier molecular flexibility index (Phi) is 3.33. The molecular weight excluding hydrogens is 216 g/mol. The number of para-hydroxylation sites is 1. The van der Waals surface area contributed by atoms with Crippen molar-refractivity contribution < 1.29 is 9.90 Å². The van der Waals surface area contributed by atoms with E-state index in [1.807, 2.05) is 0 Å². The molecule has 1 unspecified atom stereocenters. The molecule has 1 fully saturated rings. The molecule has 1 heterocycles. The molecule has 4 nitrogen and oxygen atoms in total. The van der Waals surface area contributed by atoms with Gasteiger partial charge in [0.15, 0.2) is 0 Å². The van der Waals surface area contributed by atoms with E-state index in [4.69, 9.17) is 0 Å². The van der Waals surface area contributed by atoms with Crippen LogP contribution in [0.5, 0.6) is 5.75 Å². The van der Waals surface area contributed by atoms with Crippen molar-refractivity contribution in [1.82, 2.24) is 10.6 Å². The third-order valence-corrected chi connectivity index (χ3v) is 3.24. The van der Waals surface area contributed by atoms with Gasteiger partial charge in [-0.25, -0.2) is 0 Å². The van der Waals surface area contributed by atoms with Gasteiger partial charge in [-0.05, 0) is 38.4 Å². The monoisotopic (exact) mass is 234 g/mol. The number of hydrogen-bond acceptors (Lipinski definition) is 3. The second-order valence-corrected chi connectivity index (χ2v) is 4.79. The molecule has 0 radical (unpaired) electrons. The molecule has 3 N–H and O–H groups in total. The molecule has 0 saturated carbocycles. The highest BCUT2D eigenvalue weighted by Crippen LogP contribution is 2.18. The summed E-state index contributed by atoms with van der Waals surface area (Å²) in [4.78, 5) is 11.9. The van der Waals surface area contributed by atoms with Gasteiger partial charge in [0.1, 0.15) is 5.75 Å². The van der Waals surface area contributed by atoms with Crippen LogP contribution in [0, 0.1) is 0 Å². The topological polar surface area (TPSA) is 61.4 Å². The number of carbonyl (C=O) groups is 1. The maximum absolute atomic E-state index is 11.9. The van der Waals surface area contributed by atoms with Crippen molar-refractivity contribution in [2.45, 2.75) is 25.3 Å². The van der Waals surface area contributed by atoms with Crippen LogP contribution in [-0.4, -0.2) is 29.6 Å². The van der Waals surface area contributed by atoms with Gasteiger partial charge in [0.05, 0.1) is 5.56 Å². The average molecular weight is 234 g/mol. The van der Waals surface area contributed by atoms with Gasteiger partial charge < -0.3 is 15.7 Å². The van der Waals surface area contributed by atoms with Crippen LogP contribution in [0.15, 0.2) is 24.3 Å². The summed E-state index contributed by atoms with van der Waals surface area (Å²) in [7, 11) is 0. The Balaban J connectivity index is 1.96. The highest BCUT2D eigenvalue weighted by molar-refractivity contribution is 5.96. The lowest BCUT2D eigenvalue weighted by Crippen LogP contribution is -2.47. The van der Waals surface area contributed by atoms with Gasteiger partial charge in [0.2, 0.25) is 0 Å². The van der Waals surface area contributed by atoms with E-state index >= 15 is 0 Å². The van der Waals surface area contributed by atoms with Crippen molar-refractivity contribution in [3.8, 4) is 5.75 Å². The number of phenols is 1. The Morgan fingerprint density at radius 3 is 2.94 bits per heavy atom. The van der Waals surface area contributed by atoms with Crippen molar-refractivity contribution in [2.24, 2.45) is 0 Å². The first-order chi connectivity index (χ1) is 8.11. The van der Waals surface area contributed by atoms with Crippen molar-refractivity contribution in [2.75, 3.05) is 13.1 Å². The standard InChI is InChI=1S/C13H18N2O2/c1-13(7-4-8-15-13)9-14-12(17)10-5-2-3-6-11(10)16/h2-3,5-6,15-16H,4,7-9H2,1H3,(H,14,17). The number of phenolic OH excluding ortho intramolecular Hbond substituents is 1. The first kappa shape index (κ1) is 11.9. The average Bonchev–Trinajstić information content (AvgIpc) is 2.74. The second kappa shape index (κ2) is 4.75. The van der Waals surface area contributed by atoms with E-state index in [1.54, 1.807) is 18.2 Å². The van der Waals surface area contributed by atoms with Gasteiger partial charge in [-0.15, -0.1) is 0 Å². The second-order valence-electron chi connectivity index (χ2n) is 4.79. The molecule has 0 bridgehead atoms. The smallest absolute Gasteiger partial charge is 0.255 e. The number of hydrogen-bond donors (Lipinski definition) is 3. The summed E-state index contributed by atoms with van der Waals surface area (Å²) in [6.07, 6.45) is 2.21. The SMILES string of the molecule is CC1(CNC(=O)c2ccccc2O)CCCN1. The third kappa shape index (κ3) is 2.77. The first-order valence-corrected chi connectivity index (χ1v) is 5.92. The number of benzene rings is 1. The number of amides is 1. The lowest BCUT2D eigenvalue weighted by atomic mass is 10.0. The molecule has 92 valence electrons. The molecule has 17 heavy (non-hydrogen) atoms. The largest absolute Gasteiger partial charge is 0.507 e. The maximum Gasteiger partial charge on any atom is 0.255 e. The summed E-state index contributed by atoms with van der Waals surface area (Å²) in [5, 5.41) is 15.8. The predicted octanol–water partition coefficient (Wildman–Crippen LogP) is 1.26. The molecule has 0 spiro atoms. The normalized spacial score (nSPS) is 23.6. The maximum atomic E-state index is 11.9. The lowest BCUT2D eigenvalue weighted by molar-refractivity contribution is 0.0940. The first-order valence-electron chi connectivity index (χ1n) is 5.92. The summed E-state index contributed by atoms with van der Waals surface area (Å²) >= 11 is 0. The van der Waals surface area contributed by atoms with E-state index in [0.717, 1.165) is 19.4 Å². The van der Waals surface area contributed by atoms with Gasteiger partial charge in [-0.3, -0.25) is 4.79 Å². The fourth-order valence-corrected chi connectivity index (χ4v) is 2.14. The van der Waals surface area contributed by atoms with E-state index in [0.29, 0.717) is 12.1 Å². The van der Waals surface area contributed by atoms with Crippen LogP contribution < -0.4 is 10.6 Å². The zero-order valence-corrected chi connectivity index (χ0v) is 9.99. The lowest BCUT2D eigenvalue weighted by Gasteiger charge is -2.24. The Morgan fingerprint density at radius 2 is 2.29 bits per heavy atom. The minimum atomic E-state index is -0.224. The van der Waals surface area contributed by atoms with Crippen LogP contribution in [0.2, 0.25) is 0 Å². The summed E-state index contributed by atoms with van der Waals surface area (Å²) in [6.45, 7) is 3.69. The number of carbonyl (C=O) groups excluding carboxylic acids is 1. The minimum absolute atomic E-state index is 0.0138. The molecule has 1 atom stereocenters. The fraction of sp³-hybridized carbons (Fsp3) is 0.462. The molecule has 0 aliphatic carbocycles. The van der Waals surface area contributed by atoms with Gasteiger partial charge in [0.25, 0.3) is 5.91 Å². The van der Waals surface area contributed by atoms with Gasteiger partial charge in [-0.1, -0.05) is 12.1 Å². The highest BCUT2D eigenvalue weighted by Gasteiger charge is 2.28. The van der Waals surface area contributed by atoms with Crippen LogP contribution in [0.1, 0.15) is 30.1 Å². The quantitative estimate of drug-likeness (QED) is 0.738. The highest BCUT2D eigenvalue weighted by atomic mass is 16.3. The Hall–Kier alpha value is -1.55. The zero-order chi connectivity index (χ0) is 12.3. The van der Waals surface area contributed by atoms with E-state index < -0.39 is 0 Å². The van der Waals surface area contributed by atoms with Crippen LogP contribution in [0.4, 0.5) is 0 Å². The van der Waals surface area contributed by atoms with Crippen molar-refractivity contribution >= 4 is 5.91 Å². The Morgan fingerprint density at radius 1 is 1.53 bits per heavy atom. The summed E-state index contributed by atoms with van der Waals surface area (Å²) < 4.78 is 0. The van der Waals surface area contributed by atoms with Gasteiger partial charge in [-0.2, -0.15) is 0 Å². The fourth-order valence-electron chi connectivity index (χ4n) is 2.14. The number of nitrogens with one attached hydrogen (secondary N) is 2. The molecular formula is C13H18N2O2. The minimum Gasteiger partial charge on any atom is -0.507 e. The third-order valence-electron chi connectivity index (χ3n) is 3.24. The number of rotatable bonds is 3. The number of aromatic hydroxyl groups is 1. The van der Waals surface area contributed by atoms with E-state index in [2.05, 4.69) is 17.6 Å². The van der Waals surface area contributed by atoms with Crippen LogP contribution >= 0.6 is 0 Å². The summed E-state index contributed by atoms with van der Waals surface area (Å²) in [6, 6.07) is 6.58. The molecule has 0 aromatic heterocycles. The Bertz CT molecular complexity index is 412. The van der Waals surface area contributed by atoms with E-state index in [-0.39, 0.29) is 17.2 Å². The van der Waals surface area contributed by atoms with Crippen molar-refractivity contribution in [3.63, 3.8) is 0 Å². The van der Waals surface area contributed by atoms with Crippen LogP contribution in [-0.2, 0) is 0 Å². The molecule has 1 saturated heterocycles. The molecule has 1 aromatic carbocycles. The van der Waals surface area contributed by atoms with Gasteiger partial charge in [0, 0.05) is 12.1 Å². The molecule has 2 rings (SSSR count). The predicted molar refractivity (Wildman–Crippen MR) is 66.1 cm³/mol. The molecule has 1 aromatic rings. The zero-order valence-electron chi connectivity index (χ0n) is 9.99. The molecule has 1 aliphatic rings. The molecule has 1 amide bonds. The van der Waals surface area contributed by atoms with Crippen molar-refractivity contribution in [3.05, 3.63) is 29.8 Å². The van der Waals surface area contributed by atoms with Crippen LogP contribution in [0.25, 0.3) is 0 Å². The van der Waals surface area contributed by atoms with E-state index in [9.17, 15) is 9.90 Å². The van der Waals surface area contributed by atoms with Crippen LogP contribution in [0.3, 0.4) is 0 Å². The molecule has 4 heteroatoms. The summed E-state index contributed by atoms with van der Waals surface area (Å²) in [5.74, 6) is -0.201. The molecule has 1 aliphatic heterocycles. The van der Waals surface area contributed by atoms with Crippen molar-refractivity contribution in [1.29, 1.82) is 0 Å².